The lowest BCUT2D eigenvalue weighted by Gasteiger charge is -2.31. The highest BCUT2D eigenvalue weighted by Gasteiger charge is 2.31. The van der Waals surface area contributed by atoms with Gasteiger partial charge in [-0.1, -0.05) is 91.1 Å². The van der Waals surface area contributed by atoms with Crippen LogP contribution in [-0.4, -0.2) is 35.9 Å². The third-order valence-corrected chi connectivity index (χ3v) is 6.41. The minimum atomic E-state index is -0.741. The van der Waals surface area contributed by atoms with Crippen molar-refractivity contribution in [1.82, 2.24) is 10.2 Å². The van der Waals surface area contributed by atoms with Gasteiger partial charge >= 0.3 is 0 Å². The second-order valence-corrected chi connectivity index (χ2v) is 10.0. The van der Waals surface area contributed by atoms with E-state index in [1.54, 1.807) is 23.1 Å². The largest absolute Gasteiger partial charge is 0.484 e. The summed E-state index contributed by atoms with van der Waals surface area (Å²) in [5.41, 5.74) is 2.82. The van der Waals surface area contributed by atoms with Gasteiger partial charge in [0.2, 0.25) is 5.91 Å². The van der Waals surface area contributed by atoms with Gasteiger partial charge in [0.25, 0.3) is 5.91 Å². The van der Waals surface area contributed by atoms with Crippen molar-refractivity contribution in [1.29, 1.82) is 0 Å². The van der Waals surface area contributed by atoms with Crippen molar-refractivity contribution in [3.05, 3.63) is 99.5 Å². The van der Waals surface area contributed by atoms with Crippen molar-refractivity contribution in [2.75, 3.05) is 13.2 Å². The summed E-state index contributed by atoms with van der Waals surface area (Å²) in [7, 11) is 0. The Bertz CT molecular complexity index is 1150. The lowest BCUT2D eigenvalue weighted by molar-refractivity contribution is -0.142. The van der Waals surface area contributed by atoms with Crippen molar-refractivity contribution in [3.8, 4) is 5.75 Å². The van der Waals surface area contributed by atoms with E-state index in [0.717, 1.165) is 16.7 Å². The smallest absolute Gasteiger partial charge is 0.261 e. The molecule has 7 heteroatoms. The number of carbonyl (C=O) groups is 2. The molecule has 5 nitrogen and oxygen atoms in total. The first-order valence-electron chi connectivity index (χ1n) is 12.0. The Balaban J connectivity index is 1.91. The van der Waals surface area contributed by atoms with Crippen LogP contribution in [0, 0.1) is 12.8 Å². The Morgan fingerprint density at radius 2 is 1.61 bits per heavy atom. The molecule has 0 heterocycles. The topological polar surface area (TPSA) is 58.6 Å². The van der Waals surface area contributed by atoms with Crippen molar-refractivity contribution < 1.29 is 14.3 Å². The normalized spacial score (nSPS) is 11.7. The van der Waals surface area contributed by atoms with Gasteiger partial charge < -0.3 is 15.0 Å². The number of halogens is 2. The van der Waals surface area contributed by atoms with Gasteiger partial charge in [0.05, 0.1) is 10.0 Å². The van der Waals surface area contributed by atoms with E-state index in [-0.39, 0.29) is 30.9 Å². The molecule has 1 atom stereocenters. The van der Waals surface area contributed by atoms with Gasteiger partial charge in [0.1, 0.15) is 11.8 Å². The average molecular weight is 527 g/mol. The number of rotatable bonds is 11. The van der Waals surface area contributed by atoms with Crippen LogP contribution in [-0.2, 0) is 22.6 Å². The fourth-order valence-electron chi connectivity index (χ4n) is 3.67. The number of aryl methyl sites for hydroxylation is 1. The molecule has 0 aliphatic rings. The van der Waals surface area contributed by atoms with Gasteiger partial charge in [-0.05, 0) is 48.2 Å². The Morgan fingerprint density at radius 1 is 0.917 bits per heavy atom. The highest BCUT2D eigenvalue weighted by Crippen LogP contribution is 2.24. The summed E-state index contributed by atoms with van der Waals surface area (Å²) in [5.74, 6) is 0.348. The molecule has 3 aromatic carbocycles. The highest BCUT2D eigenvalue weighted by atomic mass is 35.5. The molecule has 0 saturated carbocycles. The quantitative estimate of drug-likeness (QED) is 0.328. The van der Waals surface area contributed by atoms with Crippen molar-refractivity contribution in [3.63, 3.8) is 0 Å². The van der Waals surface area contributed by atoms with E-state index in [9.17, 15) is 9.59 Å². The van der Waals surface area contributed by atoms with E-state index in [1.807, 2.05) is 75.4 Å². The van der Waals surface area contributed by atoms with Crippen LogP contribution in [0.5, 0.6) is 5.75 Å². The lowest BCUT2D eigenvalue weighted by Crippen LogP contribution is -2.52. The molecule has 3 rings (SSSR count). The fraction of sp³-hybridized carbons (Fsp3) is 0.310. The Morgan fingerprint density at radius 3 is 2.25 bits per heavy atom. The predicted octanol–water partition coefficient (Wildman–Crippen LogP) is 6.09. The highest BCUT2D eigenvalue weighted by molar-refractivity contribution is 6.42. The number of carbonyl (C=O) groups excluding carboxylic acids is 2. The van der Waals surface area contributed by atoms with E-state index in [4.69, 9.17) is 27.9 Å². The van der Waals surface area contributed by atoms with Gasteiger partial charge in [-0.3, -0.25) is 9.59 Å². The molecular formula is C29H32Cl2N2O3. The number of nitrogens with one attached hydrogen (secondary N) is 1. The van der Waals surface area contributed by atoms with Crippen LogP contribution in [0.25, 0.3) is 0 Å². The number of amides is 2. The van der Waals surface area contributed by atoms with E-state index >= 15 is 0 Å². The summed E-state index contributed by atoms with van der Waals surface area (Å²) < 4.78 is 5.79. The predicted molar refractivity (Wildman–Crippen MR) is 145 cm³/mol. The molecule has 3 aromatic rings. The van der Waals surface area contributed by atoms with E-state index < -0.39 is 6.04 Å². The SMILES string of the molecule is Cc1ccc(OCC(=O)N(Cc2ccc(Cl)c(Cl)c2)[C@H](Cc2ccccc2)C(=O)NCC(C)C)cc1. The van der Waals surface area contributed by atoms with E-state index in [0.29, 0.717) is 28.8 Å². The van der Waals surface area contributed by atoms with Crippen LogP contribution in [0.3, 0.4) is 0 Å². The summed E-state index contributed by atoms with van der Waals surface area (Å²) >= 11 is 12.4. The molecular weight excluding hydrogens is 495 g/mol. The Labute approximate surface area is 223 Å². The second kappa shape index (κ2) is 13.3. The zero-order valence-electron chi connectivity index (χ0n) is 20.8. The van der Waals surface area contributed by atoms with Crippen LogP contribution >= 0.6 is 23.2 Å². The maximum Gasteiger partial charge on any atom is 0.261 e. The molecule has 2 amide bonds. The Kier molecular flexibility index (Phi) is 10.2. The molecule has 0 spiro atoms. The summed E-state index contributed by atoms with van der Waals surface area (Å²) in [4.78, 5) is 28.6. The van der Waals surface area contributed by atoms with Crippen molar-refractivity contribution in [2.24, 2.45) is 5.92 Å². The van der Waals surface area contributed by atoms with Crippen molar-refractivity contribution >= 4 is 35.0 Å². The van der Waals surface area contributed by atoms with Crippen LogP contribution in [0.4, 0.5) is 0 Å². The van der Waals surface area contributed by atoms with Gasteiger partial charge in [0.15, 0.2) is 6.61 Å². The first kappa shape index (κ1) is 27.6. The third kappa shape index (κ3) is 8.28. The van der Waals surface area contributed by atoms with Crippen LogP contribution in [0.15, 0.2) is 72.8 Å². The first-order valence-corrected chi connectivity index (χ1v) is 12.7. The first-order chi connectivity index (χ1) is 17.2. The van der Waals surface area contributed by atoms with Gasteiger partial charge in [-0.2, -0.15) is 0 Å². The second-order valence-electron chi connectivity index (χ2n) is 9.22. The monoisotopic (exact) mass is 526 g/mol. The Hall–Kier alpha value is -3.02. The van der Waals surface area contributed by atoms with Crippen LogP contribution < -0.4 is 10.1 Å². The maximum atomic E-state index is 13.6. The minimum Gasteiger partial charge on any atom is -0.484 e. The summed E-state index contributed by atoms with van der Waals surface area (Å²) in [6, 6.07) is 21.6. The number of benzene rings is 3. The molecule has 0 unspecified atom stereocenters. The van der Waals surface area contributed by atoms with Gasteiger partial charge in [-0.25, -0.2) is 0 Å². The summed E-state index contributed by atoms with van der Waals surface area (Å²) in [6.45, 7) is 6.53. The van der Waals surface area contributed by atoms with Gasteiger partial charge in [0, 0.05) is 19.5 Å². The third-order valence-electron chi connectivity index (χ3n) is 5.68. The molecule has 0 aliphatic carbocycles. The number of nitrogens with zero attached hydrogens (tertiary/aromatic N) is 1. The number of ether oxygens (including phenoxy) is 1. The molecule has 190 valence electrons. The summed E-state index contributed by atoms with van der Waals surface area (Å²) in [5, 5.41) is 3.82. The van der Waals surface area contributed by atoms with E-state index in [2.05, 4.69) is 5.32 Å². The van der Waals surface area contributed by atoms with Gasteiger partial charge in [-0.15, -0.1) is 0 Å². The summed E-state index contributed by atoms with van der Waals surface area (Å²) in [6.07, 6.45) is 0.363. The maximum absolute atomic E-state index is 13.6. The van der Waals surface area contributed by atoms with Crippen LogP contribution in [0.1, 0.15) is 30.5 Å². The number of hydrogen-bond acceptors (Lipinski definition) is 3. The fourth-order valence-corrected chi connectivity index (χ4v) is 3.99. The zero-order valence-corrected chi connectivity index (χ0v) is 22.4. The van der Waals surface area contributed by atoms with Crippen molar-refractivity contribution in [2.45, 2.75) is 39.8 Å². The molecule has 0 aliphatic heterocycles. The average Bonchev–Trinajstić information content (AvgIpc) is 2.86. The molecule has 0 fully saturated rings. The zero-order chi connectivity index (χ0) is 26.1. The molecule has 0 aromatic heterocycles. The lowest BCUT2D eigenvalue weighted by atomic mass is 10.0. The molecule has 0 radical (unpaired) electrons. The minimum absolute atomic E-state index is 0.180. The van der Waals surface area contributed by atoms with E-state index in [1.165, 1.54) is 0 Å². The molecule has 36 heavy (non-hydrogen) atoms. The number of hydrogen-bond donors (Lipinski definition) is 1. The standard InChI is InChI=1S/C29H32Cl2N2O3/c1-20(2)17-32-29(35)27(16-22-7-5-4-6-8-22)33(18-23-11-14-25(30)26(31)15-23)28(34)19-36-24-12-9-21(3)10-13-24/h4-15,20,27H,16-19H2,1-3H3,(H,32,35)/t27-/m1/s1. The van der Waals surface area contributed by atoms with Crippen LogP contribution in [0.2, 0.25) is 10.0 Å². The molecule has 1 N–H and O–H groups in total. The molecule has 0 bridgehead atoms. The molecule has 0 saturated heterocycles.